The number of rotatable bonds is 4. The summed E-state index contributed by atoms with van der Waals surface area (Å²) in [6, 6.07) is 29.9. The highest BCUT2D eigenvalue weighted by Crippen LogP contribution is 2.40. The van der Waals surface area contributed by atoms with E-state index in [4.69, 9.17) is 14.8 Å². The lowest BCUT2D eigenvalue weighted by atomic mass is 9.99. The molecule has 35 heavy (non-hydrogen) atoms. The second-order valence-corrected chi connectivity index (χ2v) is 9.21. The van der Waals surface area contributed by atoms with Gasteiger partial charge in [0.25, 0.3) is 5.91 Å². The molecule has 0 bridgehead atoms. The maximum Gasteiger partial charge on any atom is 0.276 e. The molecule has 4 aromatic rings. The second kappa shape index (κ2) is 8.92. The summed E-state index contributed by atoms with van der Waals surface area (Å²) in [5.74, 6) is 1.21. The van der Waals surface area contributed by atoms with Crippen molar-refractivity contribution in [3.8, 4) is 5.75 Å². The lowest BCUT2D eigenvalue weighted by molar-refractivity contribution is -0.116. The molecule has 172 valence electrons. The van der Waals surface area contributed by atoms with E-state index >= 15 is 0 Å². The molecule has 0 spiro atoms. The smallest absolute Gasteiger partial charge is 0.276 e. The number of hydrogen-bond donors (Lipinski definition) is 1. The van der Waals surface area contributed by atoms with Gasteiger partial charge in [-0.1, -0.05) is 90.6 Å². The Morgan fingerprint density at radius 1 is 0.943 bits per heavy atom. The van der Waals surface area contributed by atoms with E-state index in [1.54, 1.807) is 12.1 Å². The summed E-state index contributed by atoms with van der Waals surface area (Å²) < 4.78 is 5.78. The number of para-hydroxylation sites is 1. The molecule has 0 radical (unpaired) electrons. The number of hydrogen-bond acceptors (Lipinski definition) is 6. The van der Waals surface area contributed by atoms with E-state index in [2.05, 4.69) is 29.6 Å². The fraction of sp³-hybridized carbons (Fsp3) is 0.107. The topological polar surface area (TPSA) is 66.3 Å². The first kappa shape index (κ1) is 21.4. The first-order valence-electron chi connectivity index (χ1n) is 11.3. The van der Waals surface area contributed by atoms with Crippen LogP contribution in [0.25, 0.3) is 16.5 Å². The minimum absolute atomic E-state index is 0.192. The van der Waals surface area contributed by atoms with Crippen molar-refractivity contribution in [2.45, 2.75) is 11.9 Å². The first-order valence-corrected chi connectivity index (χ1v) is 12.3. The van der Waals surface area contributed by atoms with Gasteiger partial charge < -0.3 is 4.74 Å². The van der Waals surface area contributed by atoms with Gasteiger partial charge in [0.15, 0.2) is 11.3 Å². The van der Waals surface area contributed by atoms with Gasteiger partial charge in [-0.05, 0) is 28.5 Å². The molecular weight excluding hydrogens is 456 g/mol. The highest BCUT2D eigenvalue weighted by atomic mass is 32.2. The number of carbonyl (C=O) groups is 1. The molecular formula is C28H22N4O2S. The molecule has 1 N–H and O–H groups in total. The SMILES string of the molecule is COc1ccc2ccccc2c1[C@@H]1N=c2ccccc2=C2C(=O)NC(SCc3ccccc3)=NN21. The Balaban J connectivity index is 1.52. The van der Waals surface area contributed by atoms with Crippen molar-refractivity contribution in [3.63, 3.8) is 0 Å². The minimum Gasteiger partial charge on any atom is -0.496 e. The molecule has 0 saturated heterocycles. The van der Waals surface area contributed by atoms with Crippen LogP contribution >= 0.6 is 11.8 Å². The molecule has 1 atom stereocenters. The van der Waals surface area contributed by atoms with Gasteiger partial charge in [-0.15, -0.1) is 5.10 Å². The normalized spacial score (nSPS) is 16.7. The Labute approximate surface area is 206 Å². The average molecular weight is 479 g/mol. The number of amidine groups is 1. The zero-order valence-corrected chi connectivity index (χ0v) is 19.8. The third-order valence-electron chi connectivity index (χ3n) is 6.14. The quantitative estimate of drug-likeness (QED) is 0.483. The predicted molar refractivity (Wildman–Crippen MR) is 139 cm³/mol. The van der Waals surface area contributed by atoms with Crippen molar-refractivity contribution in [2.75, 3.05) is 7.11 Å². The largest absolute Gasteiger partial charge is 0.496 e. The standard InChI is InChI=1S/C28H22N4O2S/c1-34-23-16-15-19-11-5-6-12-20(19)24(23)26-29-22-14-8-7-13-21(22)25-27(33)30-28(31-32(25)26)35-17-18-9-3-2-4-10-18/h2-16,26H,17H2,1H3,(H,30,31,33)/t26-/m1/s1. The molecule has 1 amide bonds. The van der Waals surface area contributed by atoms with E-state index in [9.17, 15) is 4.79 Å². The average Bonchev–Trinajstić information content (AvgIpc) is 2.91. The Hall–Kier alpha value is -4.10. The molecule has 2 aliphatic rings. The molecule has 2 heterocycles. The summed E-state index contributed by atoms with van der Waals surface area (Å²) in [5.41, 5.74) is 2.52. The number of ether oxygens (including phenoxy) is 1. The molecule has 0 saturated carbocycles. The highest BCUT2D eigenvalue weighted by Gasteiger charge is 2.36. The highest BCUT2D eigenvalue weighted by molar-refractivity contribution is 8.13. The third-order valence-corrected chi connectivity index (χ3v) is 7.08. The fourth-order valence-corrected chi connectivity index (χ4v) is 5.33. The number of hydrazone groups is 1. The van der Waals surface area contributed by atoms with Gasteiger partial charge >= 0.3 is 0 Å². The van der Waals surface area contributed by atoms with Gasteiger partial charge in [-0.25, -0.2) is 5.01 Å². The molecule has 4 aromatic carbocycles. The monoisotopic (exact) mass is 478 g/mol. The van der Waals surface area contributed by atoms with Crippen LogP contribution in [0.3, 0.4) is 0 Å². The molecule has 6 nitrogen and oxygen atoms in total. The lowest BCUT2D eigenvalue weighted by Crippen LogP contribution is -2.50. The van der Waals surface area contributed by atoms with Crippen LogP contribution in [-0.2, 0) is 10.5 Å². The summed E-state index contributed by atoms with van der Waals surface area (Å²) >= 11 is 1.49. The zero-order valence-electron chi connectivity index (χ0n) is 19.0. The van der Waals surface area contributed by atoms with Gasteiger partial charge in [0.1, 0.15) is 11.4 Å². The van der Waals surface area contributed by atoms with Crippen molar-refractivity contribution in [3.05, 3.63) is 113 Å². The van der Waals surface area contributed by atoms with Crippen LogP contribution in [0, 0.1) is 0 Å². The third kappa shape index (κ3) is 3.84. The van der Waals surface area contributed by atoms with Crippen LogP contribution in [0.1, 0.15) is 17.3 Å². The van der Waals surface area contributed by atoms with Gasteiger partial charge in [0.2, 0.25) is 0 Å². The number of thioether (sulfide) groups is 1. The van der Waals surface area contributed by atoms with E-state index in [0.717, 1.165) is 32.5 Å². The van der Waals surface area contributed by atoms with E-state index in [0.29, 0.717) is 22.4 Å². The Bertz CT molecular complexity index is 1600. The molecule has 0 fully saturated rings. The predicted octanol–water partition coefficient (Wildman–Crippen LogP) is 3.92. The Morgan fingerprint density at radius 2 is 1.71 bits per heavy atom. The molecule has 7 heteroatoms. The summed E-state index contributed by atoms with van der Waals surface area (Å²) in [4.78, 5) is 18.5. The van der Waals surface area contributed by atoms with Crippen molar-refractivity contribution >= 4 is 39.3 Å². The minimum atomic E-state index is -0.556. The molecule has 0 aliphatic carbocycles. The van der Waals surface area contributed by atoms with Crippen LogP contribution < -0.4 is 20.6 Å². The summed E-state index contributed by atoms with van der Waals surface area (Å²) in [5, 5.41) is 13.8. The number of nitrogens with one attached hydrogen (secondary N) is 1. The Kier molecular flexibility index (Phi) is 5.47. The van der Waals surface area contributed by atoms with Crippen LogP contribution in [0.4, 0.5) is 0 Å². The first-order chi connectivity index (χ1) is 17.2. The second-order valence-electron chi connectivity index (χ2n) is 8.25. The van der Waals surface area contributed by atoms with E-state index in [-0.39, 0.29) is 5.91 Å². The van der Waals surface area contributed by atoms with E-state index in [1.807, 2.05) is 66.7 Å². The summed E-state index contributed by atoms with van der Waals surface area (Å²) in [7, 11) is 1.66. The van der Waals surface area contributed by atoms with E-state index < -0.39 is 6.17 Å². The summed E-state index contributed by atoms with van der Waals surface area (Å²) in [6.07, 6.45) is -0.556. The molecule has 0 aromatic heterocycles. The van der Waals surface area contributed by atoms with Crippen LogP contribution in [0.2, 0.25) is 0 Å². The van der Waals surface area contributed by atoms with Crippen LogP contribution in [0.15, 0.2) is 101 Å². The van der Waals surface area contributed by atoms with Crippen molar-refractivity contribution in [1.82, 2.24) is 10.3 Å². The van der Waals surface area contributed by atoms with Gasteiger partial charge in [-0.2, -0.15) is 0 Å². The molecule has 2 aliphatic heterocycles. The maximum atomic E-state index is 13.5. The zero-order chi connectivity index (χ0) is 23.8. The number of methoxy groups -OCH3 is 1. The number of nitrogens with zero attached hydrogens (tertiary/aromatic N) is 3. The number of benzene rings is 4. The van der Waals surface area contributed by atoms with Crippen molar-refractivity contribution < 1.29 is 9.53 Å². The van der Waals surface area contributed by atoms with Gasteiger partial charge in [0.05, 0.1) is 12.5 Å². The van der Waals surface area contributed by atoms with Crippen molar-refractivity contribution in [1.29, 1.82) is 0 Å². The molecule has 6 rings (SSSR count). The number of carbonyl (C=O) groups excluding carboxylic acids is 1. The molecule has 0 unspecified atom stereocenters. The van der Waals surface area contributed by atoms with Crippen LogP contribution in [-0.4, -0.2) is 23.2 Å². The van der Waals surface area contributed by atoms with Crippen molar-refractivity contribution in [2.24, 2.45) is 10.1 Å². The maximum absolute atomic E-state index is 13.5. The lowest BCUT2D eigenvalue weighted by Gasteiger charge is -2.35. The van der Waals surface area contributed by atoms with Crippen LogP contribution in [0.5, 0.6) is 5.75 Å². The van der Waals surface area contributed by atoms with Gasteiger partial charge in [-0.3, -0.25) is 15.1 Å². The Morgan fingerprint density at radius 3 is 2.57 bits per heavy atom. The summed E-state index contributed by atoms with van der Waals surface area (Å²) in [6.45, 7) is 0. The number of fused-ring (bicyclic) bond motifs is 3. The number of amides is 1. The van der Waals surface area contributed by atoms with Gasteiger partial charge in [0, 0.05) is 16.5 Å². The fourth-order valence-electron chi connectivity index (χ4n) is 4.53. The van der Waals surface area contributed by atoms with E-state index in [1.165, 1.54) is 11.8 Å².